The molecule has 0 fully saturated rings. The summed E-state index contributed by atoms with van der Waals surface area (Å²) in [6.45, 7) is 0. The Morgan fingerprint density at radius 3 is 3.00 bits per heavy atom. The van der Waals surface area contributed by atoms with Crippen LogP contribution in [0, 0.1) is 6.08 Å². The summed E-state index contributed by atoms with van der Waals surface area (Å²) in [6, 6.07) is 3.27. The van der Waals surface area contributed by atoms with Crippen molar-refractivity contribution in [2.24, 2.45) is 0 Å². The highest BCUT2D eigenvalue weighted by molar-refractivity contribution is 9.10. The van der Waals surface area contributed by atoms with Gasteiger partial charge in [-0.25, -0.2) is 4.98 Å². The van der Waals surface area contributed by atoms with Gasteiger partial charge in [0, 0.05) is 4.47 Å². The van der Waals surface area contributed by atoms with E-state index in [-0.39, 0.29) is 6.42 Å². The number of imidazole rings is 1. The maximum atomic E-state index is 12.8. The lowest BCUT2D eigenvalue weighted by Gasteiger charge is -1.99. The van der Waals surface area contributed by atoms with Gasteiger partial charge in [-0.05, 0) is 17.7 Å². The molecule has 4 nitrogen and oxygen atoms in total. The number of nitrogens with one attached hydrogen (secondary N) is 1. The number of fused-ring (bicyclic) bond motifs is 1. The van der Waals surface area contributed by atoms with Gasteiger partial charge in [0.15, 0.2) is 0 Å². The normalized spacial score (nSPS) is 10.8. The van der Waals surface area contributed by atoms with Gasteiger partial charge in [-0.15, -0.1) is 0 Å². The third-order valence-corrected chi connectivity index (χ3v) is 2.40. The Morgan fingerprint density at radius 1 is 1.60 bits per heavy atom. The van der Waals surface area contributed by atoms with Crippen molar-refractivity contribution in [3.05, 3.63) is 28.2 Å². The lowest BCUT2D eigenvalue weighted by Crippen LogP contribution is -2.00. The van der Waals surface area contributed by atoms with Gasteiger partial charge in [-0.3, -0.25) is 4.79 Å². The predicted molar refractivity (Wildman–Crippen MR) is 55.1 cm³/mol. The minimum absolute atomic E-state index is 0.180. The summed E-state index contributed by atoms with van der Waals surface area (Å²) in [4.78, 5) is 16.6. The molecule has 0 atom stereocenters. The Hall–Kier alpha value is -1.43. The Labute approximate surface area is 92.3 Å². The van der Waals surface area contributed by atoms with E-state index in [1.807, 2.05) is 0 Å². The molecule has 0 bridgehead atoms. The molecule has 0 aliphatic carbocycles. The van der Waals surface area contributed by atoms with Gasteiger partial charge >= 0.3 is 5.97 Å². The molecular formula is C9H6BrFN2O2. The van der Waals surface area contributed by atoms with Crippen molar-refractivity contribution in [2.45, 2.75) is 6.42 Å². The summed E-state index contributed by atoms with van der Waals surface area (Å²) < 4.78 is 13.5. The van der Waals surface area contributed by atoms with E-state index in [2.05, 4.69) is 25.9 Å². The number of hydrogen-bond donors (Lipinski definition) is 2. The van der Waals surface area contributed by atoms with E-state index in [0.29, 0.717) is 21.1 Å². The fraction of sp³-hybridized carbons (Fsp3) is 0.111. The SMILES string of the molecule is O=C(O)Cc1cc(Br)cc2[nH]c(F)nc12. The molecule has 78 valence electrons. The molecule has 0 unspecified atom stereocenters. The number of hydrogen-bond acceptors (Lipinski definition) is 2. The zero-order valence-corrected chi connectivity index (χ0v) is 9.01. The molecule has 0 saturated carbocycles. The zero-order valence-electron chi connectivity index (χ0n) is 7.42. The van der Waals surface area contributed by atoms with E-state index in [9.17, 15) is 9.18 Å². The highest BCUT2D eigenvalue weighted by atomic mass is 79.9. The fourth-order valence-electron chi connectivity index (χ4n) is 1.42. The number of rotatable bonds is 2. The number of aromatic amines is 1. The van der Waals surface area contributed by atoms with Crippen LogP contribution < -0.4 is 0 Å². The van der Waals surface area contributed by atoms with Crippen LogP contribution in [-0.2, 0) is 11.2 Å². The van der Waals surface area contributed by atoms with Crippen molar-refractivity contribution in [1.29, 1.82) is 0 Å². The summed E-state index contributed by atoms with van der Waals surface area (Å²) in [6.07, 6.45) is -0.894. The van der Waals surface area contributed by atoms with Crippen LogP contribution in [0.2, 0.25) is 0 Å². The Morgan fingerprint density at radius 2 is 2.33 bits per heavy atom. The largest absolute Gasteiger partial charge is 0.481 e. The van der Waals surface area contributed by atoms with E-state index in [1.165, 1.54) is 0 Å². The van der Waals surface area contributed by atoms with Crippen LogP contribution in [0.1, 0.15) is 5.56 Å². The molecule has 15 heavy (non-hydrogen) atoms. The number of carboxylic acid groups (broad SMARTS) is 1. The number of halogens is 2. The molecule has 0 aliphatic rings. The minimum Gasteiger partial charge on any atom is -0.481 e. The third-order valence-electron chi connectivity index (χ3n) is 1.94. The highest BCUT2D eigenvalue weighted by Gasteiger charge is 2.11. The van der Waals surface area contributed by atoms with Crippen LogP contribution in [0.4, 0.5) is 4.39 Å². The van der Waals surface area contributed by atoms with Crippen molar-refractivity contribution in [1.82, 2.24) is 9.97 Å². The van der Waals surface area contributed by atoms with Crippen LogP contribution in [0.5, 0.6) is 0 Å². The average Bonchev–Trinajstić information content (AvgIpc) is 2.44. The number of aliphatic carboxylic acids is 1. The standard InChI is InChI=1S/C9H6BrFN2O2/c10-5-1-4(2-7(14)15)8-6(3-5)12-9(11)13-8/h1,3H,2H2,(H,12,13)(H,14,15). The number of carbonyl (C=O) groups is 1. The van der Waals surface area contributed by atoms with Crippen molar-refractivity contribution in [3.63, 3.8) is 0 Å². The number of nitrogens with zero attached hydrogens (tertiary/aromatic N) is 1. The van der Waals surface area contributed by atoms with Crippen molar-refractivity contribution in [3.8, 4) is 0 Å². The van der Waals surface area contributed by atoms with Gasteiger partial charge in [0.25, 0.3) is 6.08 Å². The molecular weight excluding hydrogens is 267 g/mol. The van der Waals surface area contributed by atoms with Crippen LogP contribution in [0.15, 0.2) is 16.6 Å². The Kier molecular flexibility index (Phi) is 2.44. The van der Waals surface area contributed by atoms with Crippen LogP contribution >= 0.6 is 15.9 Å². The number of benzene rings is 1. The molecule has 0 amide bonds. The van der Waals surface area contributed by atoms with Crippen molar-refractivity contribution in [2.75, 3.05) is 0 Å². The first kappa shape index (κ1) is 10.1. The topological polar surface area (TPSA) is 66.0 Å². The molecule has 2 aromatic rings. The van der Waals surface area contributed by atoms with E-state index in [4.69, 9.17) is 5.11 Å². The van der Waals surface area contributed by atoms with E-state index in [1.54, 1.807) is 12.1 Å². The van der Waals surface area contributed by atoms with Crippen molar-refractivity contribution < 1.29 is 14.3 Å². The molecule has 0 aliphatic heterocycles. The molecule has 0 spiro atoms. The number of carboxylic acids is 1. The Bertz CT molecular complexity index is 538. The first-order valence-corrected chi connectivity index (χ1v) is 4.91. The molecule has 0 saturated heterocycles. The summed E-state index contributed by atoms with van der Waals surface area (Å²) >= 11 is 3.22. The summed E-state index contributed by atoms with van der Waals surface area (Å²) in [5.41, 5.74) is 1.32. The first-order valence-electron chi connectivity index (χ1n) is 4.11. The van der Waals surface area contributed by atoms with E-state index < -0.39 is 12.0 Å². The van der Waals surface area contributed by atoms with Gasteiger partial charge in [0.05, 0.1) is 17.5 Å². The number of H-pyrrole nitrogens is 1. The average molecular weight is 273 g/mol. The molecule has 0 radical (unpaired) electrons. The fourth-order valence-corrected chi connectivity index (χ4v) is 1.92. The highest BCUT2D eigenvalue weighted by Crippen LogP contribution is 2.22. The lowest BCUT2D eigenvalue weighted by molar-refractivity contribution is -0.136. The van der Waals surface area contributed by atoms with Crippen LogP contribution in [0.25, 0.3) is 11.0 Å². The van der Waals surface area contributed by atoms with Crippen molar-refractivity contribution >= 4 is 32.9 Å². The lowest BCUT2D eigenvalue weighted by atomic mass is 10.1. The summed E-state index contributed by atoms with van der Waals surface area (Å²) in [7, 11) is 0. The maximum absolute atomic E-state index is 12.8. The summed E-state index contributed by atoms with van der Waals surface area (Å²) in [5.74, 6) is -0.974. The van der Waals surface area contributed by atoms with Crippen LogP contribution in [-0.4, -0.2) is 21.0 Å². The van der Waals surface area contributed by atoms with Gasteiger partial charge < -0.3 is 10.1 Å². The van der Waals surface area contributed by atoms with Gasteiger partial charge in [-0.2, -0.15) is 4.39 Å². The smallest absolute Gasteiger partial charge is 0.307 e. The second kappa shape index (κ2) is 3.62. The molecule has 1 aromatic carbocycles. The van der Waals surface area contributed by atoms with Gasteiger partial charge in [0.2, 0.25) is 0 Å². The maximum Gasteiger partial charge on any atom is 0.307 e. The second-order valence-corrected chi connectivity index (χ2v) is 3.97. The summed E-state index contributed by atoms with van der Waals surface area (Å²) in [5, 5.41) is 8.68. The molecule has 2 N–H and O–H groups in total. The van der Waals surface area contributed by atoms with E-state index >= 15 is 0 Å². The molecule has 6 heteroatoms. The zero-order chi connectivity index (χ0) is 11.0. The number of aromatic nitrogens is 2. The van der Waals surface area contributed by atoms with Gasteiger partial charge in [-0.1, -0.05) is 15.9 Å². The molecule has 1 aromatic heterocycles. The first-order chi connectivity index (χ1) is 7.06. The molecule has 2 rings (SSSR count). The van der Waals surface area contributed by atoms with E-state index in [0.717, 1.165) is 0 Å². The quantitative estimate of drug-likeness (QED) is 0.880. The second-order valence-electron chi connectivity index (χ2n) is 3.06. The monoisotopic (exact) mass is 272 g/mol. The third kappa shape index (κ3) is 1.99. The molecule has 1 heterocycles. The van der Waals surface area contributed by atoms with Crippen LogP contribution in [0.3, 0.4) is 0 Å². The predicted octanol–water partition coefficient (Wildman–Crippen LogP) is 2.09. The Balaban J connectivity index is 2.64. The minimum atomic E-state index is -0.974. The van der Waals surface area contributed by atoms with Gasteiger partial charge in [0.1, 0.15) is 0 Å².